The van der Waals surface area contributed by atoms with E-state index >= 15 is 0 Å². The van der Waals surface area contributed by atoms with Crippen molar-refractivity contribution in [2.45, 2.75) is 24.4 Å². The number of carboxylic acid groups (broad SMARTS) is 4. The number of hydrogen-bond donors (Lipinski definition) is 6. The molecule has 0 aliphatic rings. The van der Waals surface area contributed by atoms with Gasteiger partial charge in [-0.15, -0.1) is 0 Å². The Hall–Kier alpha value is 0.876. The Morgan fingerprint density at radius 3 is 0.870 bits per heavy atom. The van der Waals surface area contributed by atoms with Crippen molar-refractivity contribution in [3.8, 4) is 0 Å². The Labute approximate surface area is 203 Å². The fourth-order valence-corrected chi connectivity index (χ4v) is 0.528. The third-order valence-corrected chi connectivity index (χ3v) is 1.59. The van der Waals surface area contributed by atoms with Crippen LogP contribution in [0.5, 0.6) is 0 Å². The zero-order valence-electron chi connectivity index (χ0n) is 11.7. The first kappa shape index (κ1) is 35.1. The SMILES string of the molecule is O=C([O-])C(O)C(O)C(=O)O.O=C([O-])C(O)C(O)C(=O)O.[Cu].[K+].[Na+]. The maximum Gasteiger partial charge on any atom is 1.00 e. The molecule has 0 aromatic rings. The molecule has 12 nitrogen and oxygen atoms in total. The fraction of sp³-hybridized carbons (Fsp3) is 0.500. The summed E-state index contributed by atoms with van der Waals surface area (Å²) in [6.45, 7) is 0. The van der Waals surface area contributed by atoms with Crippen molar-refractivity contribution in [2.75, 3.05) is 0 Å². The first-order valence-electron chi connectivity index (χ1n) is 4.53. The van der Waals surface area contributed by atoms with Crippen molar-refractivity contribution in [3.63, 3.8) is 0 Å². The predicted octanol–water partition coefficient (Wildman–Crippen LogP) is -12.9. The monoisotopic (exact) mass is 423 g/mol. The molecule has 0 aromatic heterocycles. The minimum atomic E-state index is -2.38. The molecule has 0 aromatic carbocycles. The Balaban J connectivity index is -0.0000000831. The van der Waals surface area contributed by atoms with E-state index in [9.17, 15) is 29.4 Å². The smallest absolute Gasteiger partial charge is 0.547 e. The van der Waals surface area contributed by atoms with E-state index in [-0.39, 0.29) is 98.0 Å². The van der Waals surface area contributed by atoms with Gasteiger partial charge in [-0.3, -0.25) is 0 Å². The van der Waals surface area contributed by atoms with Crippen molar-refractivity contribution in [1.29, 1.82) is 0 Å². The summed E-state index contributed by atoms with van der Waals surface area (Å²) in [7, 11) is 0. The van der Waals surface area contributed by atoms with Gasteiger partial charge < -0.3 is 50.4 Å². The van der Waals surface area contributed by atoms with Crippen LogP contribution in [0.25, 0.3) is 0 Å². The first-order valence-corrected chi connectivity index (χ1v) is 4.53. The normalized spacial score (nSPS) is 13.7. The van der Waals surface area contributed by atoms with Gasteiger partial charge >= 0.3 is 92.9 Å². The summed E-state index contributed by atoms with van der Waals surface area (Å²) in [6, 6.07) is 0. The van der Waals surface area contributed by atoms with Gasteiger partial charge in [0.2, 0.25) is 0 Å². The zero-order valence-corrected chi connectivity index (χ0v) is 17.8. The summed E-state index contributed by atoms with van der Waals surface area (Å²) < 4.78 is 0. The number of rotatable bonds is 6. The molecule has 0 aliphatic carbocycles. The van der Waals surface area contributed by atoms with Gasteiger partial charge in [0.05, 0.1) is 11.9 Å². The number of aliphatic carboxylic acids is 4. The van der Waals surface area contributed by atoms with Crippen LogP contribution in [0.1, 0.15) is 0 Å². The second-order valence-electron chi connectivity index (χ2n) is 3.09. The molecule has 0 amide bonds. The molecule has 6 N–H and O–H groups in total. The van der Waals surface area contributed by atoms with Gasteiger partial charge in [-0.1, -0.05) is 0 Å². The molecule has 0 saturated heterocycles. The van der Waals surface area contributed by atoms with E-state index in [2.05, 4.69) is 0 Å². The Morgan fingerprint density at radius 2 is 0.826 bits per heavy atom. The average molecular weight is 424 g/mol. The maximum atomic E-state index is 9.74. The first-order chi connectivity index (χ1) is 8.93. The fourth-order valence-electron chi connectivity index (χ4n) is 0.528. The third-order valence-electron chi connectivity index (χ3n) is 1.59. The molecular formula is C8H10CuKNaO12. The predicted molar refractivity (Wildman–Crippen MR) is 49.3 cm³/mol. The van der Waals surface area contributed by atoms with E-state index in [0.29, 0.717) is 0 Å². The minimum absolute atomic E-state index is 0. The van der Waals surface area contributed by atoms with Crippen LogP contribution in [0.2, 0.25) is 0 Å². The van der Waals surface area contributed by atoms with E-state index in [1.807, 2.05) is 0 Å². The number of hydrogen-bond acceptors (Lipinski definition) is 10. The standard InChI is InChI=1S/2C4H6O6.Cu.K.Na/c2*5-1(3(7)8)2(6)4(9)10;;;/h2*1-2,5-6H,(H,7,8)(H,9,10);;;/q;;;2*+1/p-2. The van der Waals surface area contributed by atoms with Crippen LogP contribution in [0.3, 0.4) is 0 Å². The van der Waals surface area contributed by atoms with E-state index in [0.717, 1.165) is 0 Å². The number of aliphatic hydroxyl groups excluding tert-OH is 4. The molecule has 0 fully saturated rings. The van der Waals surface area contributed by atoms with Crippen LogP contribution in [-0.4, -0.2) is 78.9 Å². The van der Waals surface area contributed by atoms with Gasteiger partial charge in [0.1, 0.15) is 12.2 Å². The zero-order chi connectivity index (χ0) is 16.6. The molecule has 0 saturated carbocycles. The van der Waals surface area contributed by atoms with E-state index in [1.54, 1.807) is 0 Å². The summed E-state index contributed by atoms with van der Waals surface area (Å²) >= 11 is 0. The van der Waals surface area contributed by atoms with Gasteiger partial charge in [0.25, 0.3) is 0 Å². The van der Waals surface area contributed by atoms with Crippen molar-refractivity contribution in [1.82, 2.24) is 0 Å². The molecule has 15 heteroatoms. The second kappa shape index (κ2) is 17.7. The van der Waals surface area contributed by atoms with E-state index < -0.39 is 48.3 Å². The Bertz CT molecular complexity index is 321. The van der Waals surface area contributed by atoms with Crippen molar-refractivity contribution >= 4 is 23.9 Å². The quantitative estimate of drug-likeness (QED) is 0.218. The van der Waals surface area contributed by atoms with Crippen LogP contribution >= 0.6 is 0 Å². The van der Waals surface area contributed by atoms with Gasteiger partial charge in [0, 0.05) is 17.1 Å². The Morgan fingerprint density at radius 1 is 0.652 bits per heavy atom. The van der Waals surface area contributed by atoms with Crippen molar-refractivity contribution < 1.29 is 158 Å². The van der Waals surface area contributed by atoms with Crippen LogP contribution in [0.15, 0.2) is 0 Å². The van der Waals surface area contributed by atoms with Crippen molar-refractivity contribution in [3.05, 3.63) is 0 Å². The van der Waals surface area contributed by atoms with Crippen molar-refractivity contribution in [2.24, 2.45) is 0 Å². The summed E-state index contributed by atoms with van der Waals surface area (Å²) in [6.07, 6.45) is -9.41. The minimum Gasteiger partial charge on any atom is -0.547 e. The number of carbonyl (C=O) groups is 4. The third kappa shape index (κ3) is 16.1. The van der Waals surface area contributed by atoms with Gasteiger partial charge in [-0.25, -0.2) is 9.59 Å². The molecule has 23 heavy (non-hydrogen) atoms. The Kier molecular flexibility index (Phi) is 27.0. The van der Waals surface area contributed by atoms with Crippen LogP contribution in [0, 0.1) is 0 Å². The molecule has 4 atom stereocenters. The molecule has 0 rings (SSSR count). The summed E-state index contributed by atoms with van der Waals surface area (Å²) in [5, 5.41) is 68.3. The largest absolute Gasteiger partial charge is 1.00 e. The number of carboxylic acids is 4. The summed E-state index contributed by atoms with van der Waals surface area (Å²) in [5.41, 5.74) is 0. The van der Waals surface area contributed by atoms with Gasteiger partial charge in [-0.2, -0.15) is 0 Å². The molecule has 0 aliphatic heterocycles. The molecule has 0 spiro atoms. The molecule has 1 radical (unpaired) electrons. The van der Waals surface area contributed by atoms with Crippen LogP contribution < -0.4 is 91.2 Å². The number of carbonyl (C=O) groups excluding carboxylic acids is 2. The summed E-state index contributed by atoms with van der Waals surface area (Å²) in [4.78, 5) is 38.8. The van der Waals surface area contributed by atoms with Crippen LogP contribution in [0.4, 0.5) is 0 Å². The molecular weight excluding hydrogens is 414 g/mol. The van der Waals surface area contributed by atoms with Crippen LogP contribution in [-0.2, 0) is 36.2 Å². The second-order valence-corrected chi connectivity index (χ2v) is 3.09. The average Bonchev–Trinajstić information content (AvgIpc) is 2.35. The topological polar surface area (TPSA) is 236 Å². The van der Waals surface area contributed by atoms with E-state index in [4.69, 9.17) is 30.6 Å². The molecule has 0 bridgehead atoms. The molecule has 0 heterocycles. The number of aliphatic hydroxyl groups is 4. The van der Waals surface area contributed by atoms with Gasteiger partial charge in [-0.05, 0) is 0 Å². The molecule has 127 valence electrons. The summed E-state index contributed by atoms with van der Waals surface area (Å²) in [5.74, 6) is -7.65. The maximum absolute atomic E-state index is 9.74. The van der Waals surface area contributed by atoms with Gasteiger partial charge in [0.15, 0.2) is 12.2 Å². The van der Waals surface area contributed by atoms with E-state index in [1.165, 1.54) is 0 Å². The molecule has 4 unspecified atom stereocenters.